The SMILES string of the molecule is Cl.NC1CCCC(C(=O)NCc2ccc(OCc3cccc(F)c3)cc2)C1. The number of ether oxygens (including phenoxy) is 1. The van der Waals surface area contributed by atoms with Crippen LogP contribution in [-0.4, -0.2) is 11.9 Å². The van der Waals surface area contributed by atoms with E-state index in [9.17, 15) is 9.18 Å². The maximum absolute atomic E-state index is 13.2. The van der Waals surface area contributed by atoms with Crippen molar-refractivity contribution in [3.63, 3.8) is 0 Å². The Morgan fingerprint density at radius 3 is 2.63 bits per heavy atom. The summed E-state index contributed by atoms with van der Waals surface area (Å²) in [5.41, 5.74) is 7.75. The highest BCUT2D eigenvalue weighted by molar-refractivity contribution is 5.85. The molecule has 2 aromatic rings. The van der Waals surface area contributed by atoms with Crippen molar-refractivity contribution in [3.05, 3.63) is 65.5 Å². The highest BCUT2D eigenvalue weighted by atomic mass is 35.5. The van der Waals surface area contributed by atoms with E-state index in [1.807, 2.05) is 30.3 Å². The van der Waals surface area contributed by atoms with Gasteiger partial charge in [0.05, 0.1) is 0 Å². The van der Waals surface area contributed by atoms with Gasteiger partial charge < -0.3 is 15.8 Å². The number of hydrogen-bond acceptors (Lipinski definition) is 3. The van der Waals surface area contributed by atoms with E-state index in [0.717, 1.165) is 36.8 Å². The second kappa shape index (κ2) is 10.3. The Morgan fingerprint density at radius 1 is 1.15 bits per heavy atom. The molecule has 1 aliphatic carbocycles. The van der Waals surface area contributed by atoms with Crippen molar-refractivity contribution in [1.82, 2.24) is 5.32 Å². The minimum absolute atomic E-state index is 0. The fraction of sp³-hybridized carbons (Fsp3) is 0.381. The van der Waals surface area contributed by atoms with Crippen molar-refractivity contribution in [1.29, 1.82) is 0 Å². The second-order valence-corrected chi connectivity index (χ2v) is 6.90. The molecule has 1 fully saturated rings. The van der Waals surface area contributed by atoms with E-state index in [1.54, 1.807) is 6.07 Å². The van der Waals surface area contributed by atoms with Crippen LogP contribution in [0.2, 0.25) is 0 Å². The van der Waals surface area contributed by atoms with E-state index in [0.29, 0.717) is 18.9 Å². The molecule has 0 radical (unpaired) electrons. The normalized spacial score (nSPS) is 19.0. The first kappa shape index (κ1) is 21.2. The molecular formula is C21H26ClFN2O2. The van der Waals surface area contributed by atoms with Crippen LogP contribution >= 0.6 is 12.4 Å². The molecule has 0 spiro atoms. The van der Waals surface area contributed by atoms with Crippen molar-refractivity contribution in [2.24, 2.45) is 11.7 Å². The molecule has 0 aliphatic heterocycles. The van der Waals surface area contributed by atoms with Crippen LogP contribution in [0.1, 0.15) is 36.8 Å². The molecule has 1 saturated carbocycles. The fourth-order valence-corrected chi connectivity index (χ4v) is 3.30. The smallest absolute Gasteiger partial charge is 0.223 e. The summed E-state index contributed by atoms with van der Waals surface area (Å²) in [5, 5.41) is 3.00. The van der Waals surface area contributed by atoms with Gasteiger partial charge in [-0.25, -0.2) is 4.39 Å². The molecule has 146 valence electrons. The highest BCUT2D eigenvalue weighted by Gasteiger charge is 2.24. The summed E-state index contributed by atoms with van der Waals surface area (Å²) < 4.78 is 18.8. The van der Waals surface area contributed by atoms with E-state index in [-0.39, 0.29) is 36.1 Å². The number of nitrogens with one attached hydrogen (secondary N) is 1. The maximum Gasteiger partial charge on any atom is 0.223 e. The molecule has 3 N–H and O–H groups in total. The number of carbonyl (C=O) groups is 1. The van der Waals surface area contributed by atoms with Gasteiger partial charge in [-0.05, 0) is 54.7 Å². The van der Waals surface area contributed by atoms with Gasteiger partial charge in [0.25, 0.3) is 0 Å². The quantitative estimate of drug-likeness (QED) is 0.782. The first-order chi connectivity index (χ1) is 12.6. The summed E-state index contributed by atoms with van der Waals surface area (Å²) >= 11 is 0. The molecule has 0 aromatic heterocycles. The van der Waals surface area contributed by atoms with E-state index in [1.165, 1.54) is 12.1 Å². The summed E-state index contributed by atoms with van der Waals surface area (Å²) in [6, 6.07) is 14.1. The van der Waals surface area contributed by atoms with Gasteiger partial charge >= 0.3 is 0 Å². The number of hydrogen-bond donors (Lipinski definition) is 2. The number of carbonyl (C=O) groups excluding carboxylic acids is 1. The highest BCUT2D eigenvalue weighted by Crippen LogP contribution is 2.23. The first-order valence-electron chi connectivity index (χ1n) is 9.09. The average molecular weight is 393 g/mol. The van der Waals surface area contributed by atoms with Gasteiger partial charge in [0.1, 0.15) is 18.2 Å². The molecule has 1 amide bonds. The predicted octanol–water partition coefficient (Wildman–Crippen LogP) is 3.96. The zero-order chi connectivity index (χ0) is 18.4. The summed E-state index contributed by atoms with van der Waals surface area (Å²) in [7, 11) is 0. The third-order valence-corrected chi connectivity index (χ3v) is 4.77. The minimum atomic E-state index is -0.267. The second-order valence-electron chi connectivity index (χ2n) is 6.90. The van der Waals surface area contributed by atoms with Crippen LogP contribution in [0.15, 0.2) is 48.5 Å². The zero-order valence-electron chi connectivity index (χ0n) is 15.2. The van der Waals surface area contributed by atoms with Gasteiger partial charge in [-0.1, -0.05) is 30.7 Å². The zero-order valence-corrected chi connectivity index (χ0v) is 16.0. The lowest BCUT2D eigenvalue weighted by molar-refractivity contribution is -0.126. The summed E-state index contributed by atoms with van der Waals surface area (Å²) in [4.78, 5) is 12.2. The molecule has 2 unspecified atom stereocenters. The van der Waals surface area contributed by atoms with Gasteiger partial charge in [-0.15, -0.1) is 12.4 Å². The van der Waals surface area contributed by atoms with Gasteiger partial charge in [0.15, 0.2) is 0 Å². The van der Waals surface area contributed by atoms with Crippen molar-refractivity contribution in [2.75, 3.05) is 0 Å². The molecule has 3 rings (SSSR count). The van der Waals surface area contributed by atoms with E-state index >= 15 is 0 Å². The molecule has 0 saturated heterocycles. The van der Waals surface area contributed by atoms with Crippen LogP contribution < -0.4 is 15.8 Å². The van der Waals surface area contributed by atoms with Gasteiger partial charge in [-0.3, -0.25) is 4.79 Å². The molecule has 0 bridgehead atoms. The Morgan fingerprint density at radius 2 is 1.93 bits per heavy atom. The van der Waals surface area contributed by atoms with Gasteiger partial charge in [-0.2, -0.15) is 0 Å². The molecule has 0 heterocycles. The van der Waals surface area contributed by atoms with Gasteiger partial charge in [0, 0.05) is 18.5 Å². The molecule has 6 heteroatoms. The van der Waals surface area contributed by atoms with Crippen molar-refractivity contribution < 1.29 is 13.9 Å². The van der Waals surface area contributed by atoms with Crippen LogP contribution in [0.5, 0.6) is 5.75 Å². The fourth-order valence-electron chi connectivity index (χ4n) is 3.30. The number of halogens is 2. The molecule has 4 nitrogen and oxygen atoms in total. The van der Waals surface area contributed by atoms with Crippen molar-refractivity contribution in [3.8, 4) is 5.75 Å². The van der Waals surface area contributed by atoms with Gasteiger partial charge in [0.2, 0.25) is 5.91 Å². The predicted molar refractivity (Wildman–Crippen MR) is 106 cm³/mol. The number of nitrogens with two attached hydrogens (primary N) is 1. The first-order valence-corrected chi connectivity index (χ1v) is 9.09. The standard InChI is InChI=1S/C21H25FN2O2.ClH/c22-18-5-1-3-16(11-18)14-26-20-9-7-15(8-10-20)13-24-21(25)17-4-2-6-19(23)12-17;/h1,3,5,7-11,17,19H,2,4,6,12-14,23H2,(H,24,25);1H. The third kappa shape index (κ3) is 6.52. The van der Waals surface area contributed by atoms with Crippen LogP contribution in [0.4, 0.5) is 4.39 Å². The summed E-state index contributed by atoms with van der Waals surface area (Å²) in [6.07, 6.45) is 3.74. The summed E-state index contributed by atoms with van der Waals surface area (Å²) in [6.45, 7) is 0.810. The van der Waals surface area contributed by atoms with E-state index in [4.69, 9.17) is 10.5 Å². The summed E-state index contributed by atoms with van der Waals surface area (Å²) in [5.74, 6) is 0.568. The molecular weight excluding hydrogens is 367 g/mol. The Balaban J connectivity index is 0.00000261. The van der Waals surface area contributed by atoms with Crippen LogP contribution in [0, 0.1) is 11.7 Å². The Labute approximate surface area is 165 Å². The third-order valence-electron chi connectivity index (χ3n) is 4.77. The number of rotatable bonds is 6. The van der Waals surface area contributed by atoms with Crippen molar-refractivity contribution >= 4 is 18.3 Å². The Hall–Kier alpha value is -2.11. The lowest BCUT2D eigenvalue weighted by atomic mass is 9.85. The van der Waals surface area contributed by atoms with Crippen LogP contribution in [0.3, 0.4) is 0 Å². The molecule has 1 aliphatic rings. The van der Waals surface area contributed by atoms with Crippen LogP contribution in [-0.2, 0) is 17.9 Å². The van der Waals surface area contributed by atoms with E-state index < -0.39 is 0 Å². The van der Waals surface area contributed by atoms with Crippen LogP contribution in [0.25, 0.3) is 0 Å². The minimum Gasteiger partial charge on any atom is -0.489 e. The molecule has 2 aromatic carbocycles. The lowest BCUT2D eigenvalue weighted by Crippen LogP contribution is -2.37. The van der Waals surface area contributed by atoms with Crippen molar-refractivity contribution in [2.45, 2.75) is 44.9 Å². The molecule has 27 heavy (non-hydrogen) atoms. The monoisotopic (exact) mass is 392 g/mol. The maximum atomic E-state index is 13.2. The Bertz CT molecular complexity index is 739. The van der Waals surface area contributed by atoms with E-state index in [2.05, 4.69) is 5.32 Å². The average Bonchev–Trinajstić information content (AvgIpc) is 2.65. The largest absolute Gasteiger partial charge is 0.489 e. The Kier molecular flexibility index (Phi) is 8.07. The lowest BCUT2D eigenvalue weighted by Gasteiger charge is -2.25. The number of amides is 1. The topological polar surface area (TPSA) is 64.4 Å². The molecule has 2 atom stereocenters. The number of benzene rings is 2.